The molecule has 0 atom stereocenters. The standard InChI is InChI=1S/C23H31ClN4O3S/c1-17-21(25-18(2)22(17)32(30,31)28-11-5-3-4-6-12-28)23(29)27-15-13-26(14-16-27)20-9-7-19(24)8-10-20/h7-10,25H,3-6,11-16H2,1-2H3. The zero-order chi connectivity index (χ0) is 22.9. The first-order valence-electron chi connectivity index (χ1n) is 11.3. The number of nitrogens with one attached hydrogen (secondary N) is 1. The number of carbonyl (C=O) groups is 1. The number of rotatable bonds is 4. The molecule has 0 radical (unpaired) electrons. The Morgan fingerprint density at radius 2 is 1.50 bits per heavy atom. The number of nitrogens with zero attached hydrogens (tertiary/aromatic N) is 3. The number of aromatic amines is 1. The predicted molar refractivity (Wildman–Crippen MR) is 127 cm³/mol. The topological polar surface area (TPSA) is 76.7 Å². The zero-order valence-corrected chi connectivity index (χ0v) is 20.3. The number of carbonyl (C=O) groups excluding carboxylic acids is 1. The SMILES string of the molecule is Cc1[nH]c(C(=O)N2CCN(c3ccc(Cl)cc3)CC2)c(C)c1S(=O)(=O)N1CCCCCC1. The van der Waals surface area contributed by atoms with Gasteiger partial charge in [-0.1, -0.05) is 24.4 Å². The van der Waals surface area contributed by atoms with E-state index in [9.17, 15) is 13.2 Å². The first-order chi connectivity index (χ1) is 15.3. The maximum absolute atomic E-state index is 13.4. The highest BCUT2D eigenvalue weighted by Crippen LogP contribution is 2.29. The molecule has 2 aliphatic rings. The van der Waals surface area contributed by atoms with Crippen LogP contribution in [0.3, 0.4) is 0 Å². The zero-order valence-electron chi connectivity index (χ0n) is 18.7. The normalized spacial score (nSPS) is 18.6. The number of hydrogen-bond acceptors (Lipinski definition) is 4. The molecule has 9 heteroatoms. The number of sulfonamides is 1. The predicted octanol–water partition coefficient (Wildman–Crippen LogP) is 3.81. The Morgan fingerprint density at radius 3 is 2.09 bits per heavy atom. The van der Waals surface area contributed by atoms with Gasteiger partial charge in [0.05, 0.1) is 0 Å². The molecule has 0 aliphatic carbocycles. The molecule has 3 heterocycles. The number of amides is 1. The smallest absolute Gasteiger partial charge is 0.270 e. The third-order valence-electron chi connectivity index (χ3n) is 6.50. The Kier molecular flexibility index (Phi) is 6.83. The van der Waals surface area contributed by atoms with Crippen molar-refractivity contribution in [2.45, 2.75) is 44.4 Å². The highest BCUT2D eigenvalue weighted by molar-refractivity contribution is 7.89. The van der Waals surface area contributed by atoms with Crippen molar-refractivity contribution < 1.29 is 13.2 Å². The minimum absolute atomic E-state index is 0.140. The molecule has 2 fully saturated rings. The monoisotopic (exact) mass is 478 g/mol. The number of hydrogen-bond donors (Lipinski definition) is 1. The summed E-state index contributed by atoms with van der Waals surface area (Å²) in [5.41, 5.74) is 2.53. The maximum atomic E-state index is 13.4. The second kappa shape index (κ2) is 9.45. The van der Waals surface area contributed by atoms with Gasteiger partial charge in [0.2, 0.25) is 10.0 Å². The average Bonchev–Trinajstić information content (AvgIpc) is 2.95. The fourth-order valence-electron chi connectivity index (χ4n) is 4.72. The number of H-pyrrole nitrogens is 1. The third-order valence-corrected chi connectivity index (χ3v) is 8.93. The van der Waals surface area contributed by atoms with Crippen LogP contribution in [0, 0.1) is 13.8 Å². The van der Waals surface area contributed by atoms with Gasteiger partial charge < -0.3 is 14.8 Å². The second-order valence-electron chi connectivity index (χ2n) is 8.65. The van der Waals surface area contributed by atoms with Gasteiger partial charge >= 0.3 is 0 Å². The lowest BCUT2D eigenvalue weighted by atomic mass is 10.2. The van der Waals surface area contributed by atoms with Crippen molar-refractivity contribution in [2.75, 3.05) is 44.2 Å². The van der Waals surface area contributed by atoms with Gasteiger partial charge in [-0.25, -0.2) is 8.42 Å². The number of benzene rings is 1. The molecule has 0 saturated carbocycles. The molecule has 1 aromatic carbocycles. The van der Waals surface area contributed by atoms with Crippen molar-refractivity contribution in [1.29, 1.82) is 0 Å². The van der Waals surface area contributed by atoms with Crippen LogP contribution in [0.25, 0.3) is 0 Å². The molecule has 1 N–H and O–H groups in total. The minimum Gasteiger partial charge on any atom is -0.368 e. The van der Waals surface area contributed by atoms with Crippen molar-refractivity contribution in [1.82, 2.24) is 14.2 Å². The molecule has 1 amide bonds. The Labute approximate surface area is 195 Å². The molecule has 32 heavy (non-hydrogen) atoms. The molecule has 1 aromatic heterocycles. The second-order valence-corrected chi connectivity index (χ2v) is 11.0. The van der Waals surface area contributed by atoms with E-state index in [-0.39, 0.29) is 10.8 Å². The van der Waals surface area contributed by atoms with Gasteiger partial charge in [-0.3, -0.25) is 4.79 Å². The summed E-state index contributed by atoms with van der Waals surface area (Å²) in [6, 6.07) is 7.70. The van der Waals surface area contributed by atoms with Crippen molar-refractivity contribution in [3.05, 3.63) is 46.2 Å². The van der Waals surface area contributed by atoms with Crippen molar-refractivity contribution in [3.8, 4) is 0 Å². The van der Waals surface area contributed by atoms with Crippen LogP contribution >= 0.6 is 11.6 Å². The summed E-state index contributed by atoms with van der Waals surface area (Å²) in [6.45, 7) is 7.15. The molecule has 7 nitrogen and oxygen atoms in total. The lowest BCUT2D eigenvalue weighted by Gasteiger charge is -2.36. The molecule has 0 unspecified atom stereocenters. The molecule has 4 rings (SSSR count). The van der Waals surface area contributed by atoms with E-state index < -0.39 is 10.0 Å². The van der Waals surface area contributed by atoms with E-state index >= 15 is 0 Å². The molecule has 2 saturated heterocycles. The van der Waals surface area contributed by atoms with Crippen LogP contribution in [-0.4, -0.2) is 67.8 Å². The summed E-state index contributed by atoms with van der Waals surface area (Å²) in [5, 5.41) is 0.700. The maximum Gasteiger partial charge on any atom is 0.270 e. The number of halogens is 1. The van der Waals surface area contributed by atoms with Crippen LogP contribution in [0.1, 0.15) is 47.4 Å². The summed E-state index contributed by atoms with van der Waals surface area (Å²) in [5.74, 6) is -0.140. The van der Waals surface area contributed by atoms with Crippen LogP contribution in [0.4, 0.5) is 5.69 Å². The molecule has 2 aromatic rings. The quantitative estimate of drug-likeness (QED) is 0.724. The fourth-order valence-corrected chi connectivity index (χ4v) is 6.77. The van der Waals surface area contributed by atoms with Gasteiger partial charge in [-0.15, -0.1) is 0 Å². The van der Waals surface area contributed by atoms with Crippen LogP contribution in [0.15, 0.2) is 29.2 Å². The van der Waals surface area contributed by atoms with E-state index in [1.54, 1.807) is 23.1 Å². The first-order valence-corrected chi connectivity index (χ1v) is 13.1. The highest BCUT2D eigenvalue weighted by Gasteiger charge is 2.33. The average molecular weight is 479 g/mol. The number of aryl methyl sites for hydroxylation is 1. The Morgan fingerprint density at radius 1 is 0.906 bits per heavy atom. The molecule has 174 valence electrons. The lowest BCUT2D eigenvalue weighted by molar-refractivity contribution is 0.0740. The summed E-state index contributed by atoms with van der Waals surface area (Å²) in [7, 11) is -3.63. The van der Waals surface area contributed by atoms with E-state index in [1.165, 1.54) is 0 Å². The third kappa shape index (κ3) is 4.54. The van der Waals surface area contributed by atoms with Crippen LogP contribution in [0.5, 0.6) is 0 Å². The van der Waals surface area contributed by atoms with Gasteiger partial charge in [0.25, 0.3) is 5.91 Å². The molecular weight excluding hydrogens is 448 g/mol. The highest BCUT2D eigenvalue weighted by atomic mass is 35.5. The molecule has 2 aliphatic heterocycles. The fraction of sp³-hybridized carbons (Fsp3) is 0.522. The van der Waals surface area contributed by atoms with Crippen LogP contribution in [0.2, 0.25) is 5.02 Å². The number of aromatic nitrogens is 1. The summed E-state index contributed by atoms with van der Waals surface area (Å²) >= 11 is 5.98. The van der Waals surface area contributed by atoms with Crippen LogP contribution in [-0.2, 0) is 10.0 Å². The Hall–Kier alpha value is -2.03. The first kappa shape index (κ1) is 23.1. The summed E-state index contributed by atoms with van der Waals surface area (Å²) < 4.78 is 28.4. The van der Waals surface area contributed by atoms with E-state index in [2.05, 4.69) is 9.88 Å². The van der Waals surface area contributed by atoms with Gasteiger partial charge in [-0.05, 0) is 56.5 Å². The molecular formula is C23H31ClN4O3S. The van der Waals surface area contributed by atoms with E-state index in [1.807, 2.05) is 24.3 Å². The number of anilines is 1. The Bertz CT molecular complexity index is 1070. The van der Waals surface area contributed by atoms with Gasteiger partial charge in [-0.2, -0.15) is 4.31 Å². The minimum atomic E-state index is -3.63. The van der Waals surface area contributed by atoms with E-state index in [0.717, 1.165) is 31.4 Å². The van der Waals surface area contributed by atoms with Gasteiger partial charge in [0.15, 0.2) is 0 Å². The summed E-state index contributed by atoms with van der Waals surface area (Å²) in [6.07, 6.45) is 3.88. The van der Waals surface area contributed by atoms with E-state index in [4.69, 9.17) is 11.6 Å². The van der Waals surface area contributed by atoms with Crippen molar-refractivity contribution in [2.24, 2.45) is 0 Å². The number of piperazine rings is 1. The van der Waals surface area contributed by atoms with Crippen molar-refractivity contribution >= 4 is 33.2 Å². The summed E-state index contributed by atoms with van der Waals surface area (Å²) in [4.78, 5) is 20.7. The van der Waals surface area contributed by atoms with Gasteiger partial charge in [0.1, 0.15) is 10.6 Å². The largest absolute Gasteiger partial charge is 0.368 e. The Balaban J connectivity index is 1.50. The van der Waals surface area contributed by atoms with Crippen LogP contribution < -0.4 is 4.90 Å². The van der Waals surface area contributed by atoms with E-state index in [0.29, 0.717) is 61.2 Å². The molecule has 0 spiro atoms. The van der Waals surface area contributed by atoms with Crippen molar-refractivity contribution in [3.63, 3.8) is 0 Å². The molecule has 0 bridgehead atoms. The lowest BCUT2D eigenvalue weighted by Crippen LogP contribution is -2.49. The van der Waals surface area contributed by atoms with Gasteiger partial charge in [0, 0.05) is 55.7 Å².